The Morgan fingerprint density at radius 1 is 1.29 bits per heavy atom. The fourth-order valence-electron chi connectivity index (χ4n) is 1.53. The summed E-state index contributed by atoms with van der Waals surface area (Å²) < 4.78 is 0. The Hall–Kier alpha value is -1.70. The molecule has 0 aliphatic carbocycles. The van der Waals surface area contributed by atoms with Crippen molar-refractivity contribution in [3.8, 4) is 0 Å². The van der Waals surface area contributed by atoms with Gasteiger partial charge in [-0.15, -0.1) is 0 Å². The fraction of sp³-hybridized carbons (Fsp3) is 0.167. The van der Waals surface area contributed by atoms with Crippen molar-refractivity contribution in [3.63, 3.8) is 0 Å². The molecule has 14 heavy (non-hydrogen) atoms. The highest BCUT2D eigenvalue weighted by Crippen LogP contribution is 2.17. The van der Waals surface area contributed by atoms with Crippen LogP contribution in [0.25, 0.3) is 10.9 Å². The van der Waals surface area contributed by atoms with Crippen molar-refractivity contribution in [2.75, 3.05) is 0 Å². The standard InChI is InChI=1S/C12H11NO/c1-8-7-12(9(2)14)13-11-6-4-3-5-10(8)11/h3-7H,1-2H3. The van der Waals surface area contributed by atoms with E-state index in [0.29, 0.717) is 5.69 Å². The molecular weight excluding hydrogens is 174 g/mol. The van der Waals surface area contributed by atoms with Gasteiger partial charge in [0.25, 0.3) is 0 Å². The van der Waals surface area contributed by atoms with Crippen LogP contribution >= 0.6 is 0 Å². The second kappa shape index (κ2) is 3.22. The molecule has 0 radical (unpaired) electrons. The number of benzene rings is 1. The van der Waals surface area contributed by atoms with Crippen LogP contribution in [0.1, 0.15) is 23.0 Å². The summed E-state index contributed by atoms with van der Waals surface area (Å²) in [6.07, 6.45) is 0. The first-order valence-corrected chi connectivity index (χ1v) is 4.56. The molecule has 0 saturated carbocycles. The molecule has 0 spiro atoms. The Kier molecular flexibility index (Phi) is 2.04. The number of carbonyl (C=O) groups excluding carboxylic acids is 1. The average Bonchev–Trinajstić information content (AvgIpc) is 2.17. The molecule has 2 aromatic rings. The second-order valence-electron chi connectivity index (χ2n) is 3.40. The third-order valence-corrected chi connectivity index (χ3v) is 2.28. The Bertz CT molecular complexity index is 503. The molecule has 1 aromatic carbocycles. The number of pyridine rings is 1. The minimum Gasteiger partial charge on any atom is -0.293 e. The molecule has 0 saturated heterocycles. The van der Waals surface area contributed by atoms with E-state index < -0.39 is 0 Å². The van der Waals surface area contributed by atoms with E-state index in [1.165, 1.54) is 6.92 Å². The van der Waals surface area contributed by atoms with Gasteiger partial charge >= 0.3 is 0 Å². The number of Topliss-reactive ketones (excluding diaryl/α,β-unsaturated/α-hetero) is 1. The number of fused-ring (bicyclic) bond motifs is 1. The molecule has 2 rings (SSSR count). The van der Waals surface area contributed by atoms with E-state index in [0.717, 1.165) is 16.5 Å². The Morgan fingerprint density at radius 2 is 2.00 bits per heavy atom. The van der Waals surface area contributed by atoms with Gasteiger partial charge in [-0.3, -0.25) is 4.79 Å². The fourth-order valence-corrected chi connectivity index (χ4v) is 1.53. The van der Waals surface area contributed by atoms with Crippen LogP contribution in [0, 0.1) is 6.92 Å². The third-order valence-electron chi connectivity index (χ3n) is 2.28. The van der Waals surface area contributed by atoms with E-state index in [9.17, 15) is 4.79 Å². The van der Waals surface area contributed by atoms with E-state index >= 15 is 0 Å². The molecule has 1 aromatic heterocycles. The highest BCUT2D eigenvalue weighted by molar-refractivity contribution is 5.95. The van der Waals surface area contributed by atoms with Crippen molar-refractivity contribution >= 4 is 16.7 Å². The van der Waals surface area contributed by atoms with Gasteiger partial charge in [0, 0.05) is 12.3 Å². The summed E-state index contributed by atoms with van der Waals surface area (Å²) in [6.45, 7) is 3.53. The molecule has 0 atom stereocenters. The van der Waals surface area contributed by atoms with Crippen LogP contribution in [0.3, 0.4) is 0 Å². The van der Waals surface area contributed by atoms with Crippen LogP contribution in [0.5, 0.6) is 0 Å². The minimum atomic E-state index is 0.0128. The molecule has 0 N–H and O–H groups in total. The van der Waals surface area contributed by atoms with Gasteiger partial charge in [0.15, 0.2) is 5.78 Å². The van der Waals surface area contributed by atoms with Crippen molar-refractivity contribution < 1.29 is 4.79 Å². The summed E-state index contributed by atoms with van der Waals surface area (Å²) in [4.78, 5) is 15.5. The van der Waals surface area contributed by atoms with E-state index in [2.05, 4.69) is 4.98 Å². The minimum absolute atomic E-state index is 0.0128. The van der Waals surface area contributed by atoms with Gasteiger partial charge in [0.05, 0.1) is 5.52 Å². The lowest BCUT2D eigenvalue weighted by Gasteiger charge is -2.03. The predicted molar refractivity (Wildman–Crippen MR) is 56.5 cm³/mol. The van der Waals surface area contributed by atoms with Crippen LogP contribution in [-0.4, -0.2) is 10.8 Å². The van der Waals surface area contributed by atoms with Gasteiger partial charge in [-0.25, -0.2) is 4.98 Å². The third kappa shape index (κ3) is 1.39. The van der Waals surface area contributed by atoms with Crippen LogP contribution in [0.4, 0.5) is 0 Å². The topological polar surface area (TPSA) is 30.0 Å². The summed E-state index contributed by atoms with van der Waals surface area (Å²) in [5.41, 5.74) is 2.53. The number of aryl methyl sites for hydroxylation is 1. The van der Waals surface area contributed by atoms with Gasteiger partial charge in [-0.1, -0.05) is 18.2 Å². The zero-order chi connectivity index (χ0) is 10.1. The smallest absolute Gasteiger partial charge is 0.178 e. The number of aromatic nitrogens is 1. The van der Waals surface area contributed by atoms with Gasteiger partial charge in [-0.2, -0.15) is 0 Å². The number of carbonyl (C=O) groups is 1. The molecule has 0 unspecified atom stereocenters. The molecular formula is C12H11NO. The maximum Gasteiger partial charge on any atom is 0.178 e. The van der Waals surface area contributed by atoms with E-state index in [1.54, 1.807) is 0 Å². The Balaban J connectivity index is 2.78. The summed E-state index contributed by atoms with van der Waals surface area (Å²) in [5.74, 6) is 0.0128. The molecule has 70 valence electrons. The highest BCUT2D eigenvalue weighted by atomic mass is 16.1. The number of para-hydroxylation sites is 1. The van der Waals surface area contributed by atoms with Gasteiger partial charge < -0.3 is 0 Å². The molecule has 2 nitrogen and oxygen atoms in total. The number of hydrogen-bond donors (Lipinski definition) is 0. The molecule has 1 heterocycles. The van der Waals surface area contributed by atoms with Crippen molar-refractivity contribution in [1.29, 1.82) is 0 Å². The van der Waals surface area contributed by atoms with Crippen LogP contribution in [0.2, 0.25) is 0 Å². The van der Waals surface area contributed by atoms with Crippen molar-refractivity contribution in [2.24, 2.45) is 0 Å². The first-order chi connectivity index (χ1) is 6.68. The van der Waals surface area contributed by atoms with Crippen LogP contribution < -0.4 is 0 Å². The number of nitrogens with zero attached hydrogens (tertiary/aromatic N) is 1. The van der Waals surface area contributed by atoms with Crippen LogP contribution in [-0.2, 0) is 0 Å². The first-order valence-electron chi connectivity index (χ1n) is 4.56. The number of hydrogen-bond acceptors (Lipinski definition) is 2. The molecule has 0 fully saturated rings. The Labute approximate surface area is 82.6 Å². The molecule has 0 bridgehead atoms. The SMILES string of the molecule is CC(=O)c1cc(C)c2ccccc2n1. The quantitative estimate of drug-likeness (QED) is 0.639. The molecule has 0 aliphatic heterocycles. The maximum absolute atomic E-state index is 11.2. The summed E-state index contributed by atoms with van der Waals surface area (Å²) in [6, 6.07) is 9.68. The average molecular weight is 185 g/mol. The second-order valence-corrected chi connectivity index (χ2v) is 3.40. The lowest BCUT2D eigenvalue weighted by atomic mass is 10.1. The predicted octanol–water partition coefficient (Wildman–Crippen LogP) is 2.75. The molecule has 0 aliphatic rings. The van der Waals surface area contributed by atoms with Gasteiger partial charge in [0.1, 0.15) is 5.69 Å². The van der Waals surface area contributed by atoms with Gasteiger partial charge in [-0.05, 0) is 24.6 Å². The lowest BCUT2D eigenvalue weighted by molar-refractivity contribution is 0.101. The van der Waals surface area contributed by atoms with Crippen molar-refractivity contribution in [2.45, 2.75) is 13.8 Å². The normalized spacial score (nSPS) is 10.4. The zero-order valence-electron chi connectivity index (χ0n) is 8.24. The van der Waals surface area contributed by atoms with Gasteiger partial charge in [0.2, 0.25) is 0 Å². The summed E-state index contributed by atoms with van der Waals surface area (Å²) in [5, 5.41) is 1.11. The summed E-state index contributed by atoms with van der Waals surface area (Å²) >= 11 is 0. The largest absolute Gasteiger partial charge is 0.293 e. The highest BCUT2D eigenvalue weighted by Gasteiger charge is 2.04. The van der Waals surface area contributed by atoms with E-state index in [4.69, 9.17) is 0 Å². The number of ketones is 1. The van der Waals surface area contributed by atoms with E-state index in [1.807, 2.05) is 37.3 Å². The number of rotatable bonds is 1. The van der Waals surface area contributed by atoms with Crippen LogP contribution in [0.15, 0.2) is 30.3 Å². The maximum atomic E-state index is 11.2. The van der Waals surface area contributed by atoms with Crippen molar-refractivity contribution in [1.82, 2.24) is 4.98 Å². The van der Waals surface area contributed by atoms with E-state index in [-0.39, 0.29) is 5.78 Å². The molecule has 0 amide bonds. The molecule has 2 heteroatoms. The first kappa shape index (κ1) is 8.88. The summed E-state index contributed by atoms with van der Waals surface area (Å²) in [7, 11) is 0. The monoisotopic (exact) mass is 185 g/mol. The van der Waals surface area contributed by atoms with Crippen molar-refractivity contribution in [3.05, 3.63) is 41.6 Å². The zero-order valence-corrected chi connectivity index (χ0v) is 8.24. The Morgan fingerprint density at radius 3 is 2.71 bits per heavy atom. The lowest BCUT2D eigenvalue weighted by Crippen LogP contribution is -1.97.